The Kier molecular flexibility index (Phi) is 5.68. The molecule has 2 heterocycles. The van der Waals surface area contributed by atoms with Gasteiger partial charge in [-0.3, -0.25) is 0 Å². The normalized spacial score (nSPS) is 10.7. The van der Waals surface area contributed by atoms with Gasteiger partial charge in [-0.15, -0.1) is 0 Å². The van der Waals surface area contributed by atoms with Gasteiger partial charge in [-0.25, -0.2) is 19.2 Å². The lowest BCUT2D eigenvalue weighted by atomic mass is 10.1. The highest BCUT2D eigenvalue weighted by Crippen LogP contribution is 2.31. The third kappa shape index (κ3) is 3.94. The maximum Gasteiger partial charge on any atom is 0.335 e. The number of carboxylic acid groups (broad SMARTS) is 1. The molecular formula is C23H18FN5O3. The van der Waals surface area contributed by atoms with Crippen molar-refractivity contribution in [3.63, 3.8) is 0 Å². The Bertz CT molecular complexity index is 1340. The number of hydrogen-bond acceptors (Lipinski definition) is 6. The summed E-state index contributed by atoms with van der Waals surface area (Å²) in [5.74, 6) is -0.384. The van der Waals surface area contributed by atoms with E-state index in [-0.39, 0.29) is 5.56 Å². The number of aromatic carboxylic acids is 1. The minimum atomic E-state index is -0.995. The Balaban J connectivity index is 1.53. The molecular weight excluding hydrogens is 413 g/mol. The number of rotatable bonds is 7. The van der Waals surface area contributed by atoms with Crippen LogP contribution < -0.4 is 10.1 Å². The second kappa shape index (κ2) is 8.73. The van der Waals surface area contributed by atoms with E-state index in [2.05, 4.69) is 21.4 Å². The molecule has 0 aliphatic heterocycles. The van der Waals surface area contributed by atoms with Gasteiger partial charge in [-0.1, -0.05) is 12.1 Å². The minimum Gasteiger partial charge on any atom is -0.496 e. The van der Waals surface area contributed by atoms with E-state index in [9.17, 15) is 14.4 Å². The van der Waals surface area contributed by atoms with Crippen LogP contribution in [-0.2, 0) is 6.54 Å². The topological polar surface area (TPSA) is 113 Å². The van der Waals surface area contributed by atoms with Gasteiger partial charge in [-0.05, 0) is 30.3 Å². The van der Waals surface area contributed by atoms with Crippen molar-refractivity contribution in [3.05, 3.63) is 71.9 Å². The first-order chi connectivity index (χ1) is 15.5. The summed E-state index contributed by atoms with van der Waals surface area (Å²) in [6, 6.07) is 14.7. The molecule has 2 aromatic carbocycles. The summed E-state index contributed by atoms with van der Waals surface area (Å²) in [7, 11) is 1.50. The molecule has 2 aromatic heterocycles. The largest absolute Gasteiger partial charge is 0.496 e. The second-order valence-corrected chi connectivity index (χ2v) is 6.90. The van der Waals surface area contributed by atoms with E-state index in [0.717, 1.165) is 5.56 Å². The van der Waals surface area contributed by atoms with Crippen molar-refractivity contribution in [2.75, 3.05) is 19.0 Å². The first-order valence-electron chi connectivity index (χ1n) is 9.67. The molecule has 0 saturated heterocycles. The fraction of sp³-hybridized carbons (Fsp3) is 0.130. The minimum absolute atomic E-state index is 0.192. The molecule has 0 aliphatic carbocycles. The van der Waals surface area contributed by atoms with Gasteiger partial charge in [-0.2, -0.15) is 5.26 Å². The number of benzene rings is 2. The SMILES string of the molecule is COc1ccc(F)c2c1cc(C#N)n2CCNc1cc(-c2ccc(C(=O)O)cc2)ncn1. The molecule has 0 spiro atoms. The molecule has 160 valence electrons. The average molecular weight is 431 g/mol. The molecule has 9 heteroatoms. The van der Waals surface area contributed by atoms with E-state index < -0.39 is 11.8 Å². The van der Waals surface area contributed by atoms with Gasteiger partial charge in [0.05, 0.1) is 23.9 Å². The van der Waals surface area contributed by atoms with Crippen LogP contribution in [0.4, 0.5) is 10.2 Å². The van der Waals surface area contributed by atoms with Crippen LogP contribution in [-0.4, -0.2) is 39.3 Å². The van der Waals surface area contributed by atoms with E-state index in [1.165, 1.54) is 37.7 Å². The Morgan fingerprint density at radius 1 is 1.22 bits per heavy atom. The molecule has 2 N–H and O–H groups in total. The standard InChI is InChI=1S/C23H18FN5O3/c1-32-20-7-6-18(24)22-17(20)10-16(12-25)29(22)9-8-26-21-11-19(27-13-28-21)14-2-4-15(5-3-14)23(30)31/h2-7,10-11,13H,8-9H2,1H3,(H,30,31)(H,26,27,28). The molecule has 32 heavy (non-hydrogen) atoms. The zero-order valence-corrected chi connectivity index (χ0v) is 17.0. The van der Waals surface area contributed by atoms with E-state index in [1.807, 2.05) is 0 Å². The highest BCUT2D eigenvalue weighted by molar-refractivity contribution is 5.89. The molecule has 0 aliphatic rings. The number of halogens is 1. The summed E-state index contributed by atoms with van der Waals surface area (Å²) >= 11 is 0. The number of nitrogens with one attached hydrogen (secondary N) is 1. The van der Waals surface area contributed by atoms with Crippen LogP contribution in [0, 0.1) is 17.1 Å². The van der Waals surface area contributed by atoms with Crippen molar-refractivity contribution in [1.29, 1.82) is 5.26 Å². The van der Waals surface area contributed by atoms with Crippen LogP contribution in [0.25, 0.3) is 22.2 Å². The quantitative estimate of drug-likeness (QED) is 0.456. The van der Waals surface area contributed by atoms with Crippen LogP contribution in [0.1, 0.15) is 16.1 Å². The van der Waals surface area contributed by atoms with Gasteiger partial charge in [0.2, 0.25) is 0 Å². The van der Waals surface area contributed by atoms with Crippen molar-refractivity contribution >= 4 is 22.7 Å². The Hall–Kier alpha value is -4.45. The van der Waals surface area contributed by atoms with Gasteiger partial charge in [0.25, 0.3) is 0 Å². The number of ether oxygens (including phenoxy) is 1. The molecule has 0 fully saturated rings. The number of carboxylic acids is 1. The number of methoxy groups -OCH3 is 1. The summed E-state index contributed by atoms with van der Waals surface area (Å²) < 4.78 is 21.4. The lowest BCUT2D eigenvalue weighted by molar-refractivity contribution is 0.0697. The number of nitrogens with zero attached hydrogens (tertiary/aromatic N) is 4. The van der Waals surface area contributed by atoms with Crippen LogP contribution in [0.3, 0.4) is 0 Å². The first kappa shape index (κ1) is 20.8. The lowest BCUT2D eigenvalue weighted by Gasteiger charge is -2.11. The molecule has 0 atom stereocenters. The highest BCUT2D eigenvalue weighted by atomic mass is 19.1. The zero-order valence-electron chi connectivity index (χ0n) is 17.0. The Morgan fingerprint density at radius 2 is 2.00 bits per heavy atom. The summed E-state index contributed by atoms with van der Waals surface area (Å²) in [6.45, 7) is 0.701. The molecule has 0 bridgehead atoms. The summed E-state index contributed by atoms with van der Waals surface area (Å²) in [5, 5.41) is 22.2. The van der Waals surface area contributed by atoms with E-state index in [0.29, 0.717) is 46.9 Å². The molecule has 0 unspecified atom stereocenters. The summed E-state index contributed by atoms with van der Waals surface area (Å²) in [4.78, 5) is 19.4. The smallest absolute Gasteiger partial charge is 0.335 e. The fourth-order valence-electron chi connectivity index (χ4n) is 3.51. The maximum absolute atomic E-state index is 14.5. The lowest BCUT2D eigenvalue weighted by Crippen LogP contribution is -2.13. The number of aromatic nitrogens is 3. The molecule has 4 aromatic rings. The predicted octanol–water partition coefficient (Wildman–Crippen LogP) is 3.93. The highest BCUT2D eigenvalue weighted by Gasteiger charge is 2.16. The van der Waals surface area contributed by atoms with Gasteiger partial charge < -0.3 is 19.7 Å². The predicted molar refractivity (Wildman–Crippen MR) is 116 cm³/mol. The molecule has 0 amide bonds. The average Bonchev–Trinajstić information content (AvgIpc) is 3.19. The number of anilines is 1. The van der Waals surface area contributed by atoms with Crippen LogP contribution in [0.15, 0.2) is 54.9 Å². The van der Waals surface area contributed by atoms with Gasteiger partial charge in [0.15, 0.2) is 0 Å². The molecule has 4 rings (SSSR count). The zero-order chi connectivity index (χ0) is 22.7. The van der Waals surface area contributed by atoms with Crippen LogP contribution >= 0.6 is 0 Å². The summed E-state index contributed by atoms with van der Waals surface area (Å²) in [6.07, 6.45) is 1.40. The van der Waals surface area contributed by atoms with Crippen molar-refractivity contribution in [3.8, 4) is 23.1 Å². The third-order valence-electron chi connectivity index (χ3n) is 5.04. The van der Waals surface area contributed by atoms with Crippen LogP contribution in [0.2, 0.25) is 0 Å². The van der Waals surface area contributed by atoms with Gasteiger partial charge in [0.1, 0.15) is 35.5 Å². The van der Waals surface area contributed by atoms with Crippen molar-refractivity contribution in [1.82, 2.24) is 14.5 Å². The van der Waals surface area contributed by atoms with Gasteiger partial charge >= 0.3 is 5.97 Å². The maximum atomic E-state index is 14.5. The number of hydrogen-bond donors (Lipinski definition) is 2. The van der Waals surface area contributed by atoms with E-state index >= 15 is 0 Å². The first-order valence-corrected chi connectivity index (χ1v) is 9.67. The number of carbonyl (C=O) groups is 1. The monoisotopic (exact) mass is 431 g/mol. The van der Waals surface area contributed by atoms with Crippen LogP contribution in [0.5, 0.6) is 5.75 Å². The Labute approximate surface area is 182 Å². The molecule has 0 saturated carbocycles. The van der Waals surface area contributed by atoms with E-state index in [4.69, 9.17) is 9.84 Å². The fourth-order valence-corrected chi connectivity index (χ4v) is 3.51. The second-order valence-electron chi connectivity index (χ2n) is 6.90. The Morgan fingerprint density at radius 3 is 2.69 bits per heavy atom. The molecule has 0 radical (unpaired) electrons. The number of nitriles is 1. The van der Waals surface area contributed by atoms with Crippen molar-refractivity contribution < 1.29 is 19.0 Å². The van der Waals surface area contributed by atoms with Gasteiger partial charge in [0, 0.05) is 30.1 Å². The van der Waals surface area contributed by atoms with Crippen molar-refractivity contribution in [2.24, 2.45) is 0 Å². The third-order valence-corrected chi connectivity index (χ3v) is 5.04. The number of fused-ring (bicyclic) bond motifs is 1. The van der Waals surface area contributed by atoms with E-state index in [1.54, 1.807) is 28.8 Å². The van der Waals surface area contributed by atoms with Crippen molar-refractivity contribution in [2.45, 2.75) is 6.54 Å². The summed E-state index contributed by atoms with van der Waals surface area (Å²) in [5.41, 5.74) is 2.20. The molecule has 8 nitrogen and oxygen atoms in total.